The molecule has 0 aliphatic heterocycles. The van der Waals surface area contributed by atoms with Gasteiger partial charge < -0.3 is 19.9 Å². The Balaban J connectivity index is 2.29. The summed E-state index contributed by atoms with van der Waals surface area (Å²) in [7, 11) is 3.56. The van der Waals surface area contributed by atoms with Crippen LogP contribution >= 0.6 is 0 Å². The molecule has 118 valence electrons. The van der Waals surface area contributed by atoms with Crippen LogP contribution in [0.5, 0.6) is 0 Å². The SMILES string of the molecule is CCN(CC)c1nc(NC)nc(N(CCOC)C2CC2)n1. The van der Waals surface area contributed by atoms with Gasteiger partial charge in [0.05, 0.1) is 6.61 Å². The molecule has 1 aromatic heterocycles. The summed E-state index contributed by atoms with van der Waals surface area (Å²) in [6.45, 7) is 7.46. The van der Waals surface area contributed by atoms with E-state index in [0.717, 1.165) is 31.5 Å². The number of hydrogen-bond acceptors (Lipinski definition) is 7. The predicted molar refractivity (Wildman–Crippen MR) is 85.2 cm³/mol. The fourth-order valence-corrected chi connectivity index (χ4v) is 2.26. The summed E-state index contributed by atoms with van der Waals surface area (Å²) in [4.78, 5) is 18.0. The first-order valence-electron chi connectivity index (χ1n) is 7.67. The van der Waals surface area contributed by atoms with E-state index in [9.17, 15) is 0 Å². The van der Waals surface area contributed by atoms with Crippen LogP contribution in [0.15, 0.2) is 0 Å². The summed E-state index contributed by atoms with van der Waals surface area (Å²) in [6.07, 6.45) is 2.40. The second-order valence-corrected chi connectivity index (χ2v) is 5.10. The molecule has 0 spiro atoms. The Morgan fingerprint density at radius 1 is 1.14 bits per heavy atom. The van der Waals surface area contributed by atoms with Crippen LogP contribution in [0.2, 0.25) is 0 Å². The first-order valence-corrected chi connectivity index (χ1v) is 7.67. The zero-order valence-corrected chi connectivity index (χ0v) is 13.5. The normalized spacial score (nSPS) is 14.1. The Bertz CT molecular complexity index is 447. The van der Waals surface area contributed by atoms with Gasteiger partial charge in [-0.05, 0) is 26.7 Å². The van der Waals surface area contributed by atoms with E-state index < -0.39 is 0 Å². The number of nitrogens with zero attached hydrogens (tertiary/aromatic N) is 5. The molecule has 2 rings (SSSR count). The average molecular weight is 294 g/mol. The molecule has 0 unspecified atom stereocenters. The van der Waals surface area contributed by atoms with Gasteiger partial charge in [-0.25, -0.2) is 0 Å². The number of methoxy groups -OCH3 is 1. The molecule has 0 aromatic carbocycles. The van der Waals surface area contributed by atoms with Crippen molar-refractivity contribution in [2.45, 2.75) is 32.7 Å². The molecule has 1 aliphatic rings. The maximum atomic E-state index is 5.21. The van der Waals surface area contributed by atoms with Gasteiger partial charge in [0.15, 0.2) is 0 Å². The topological polar surface area (TPSA) is 66.4 Å². The van der Waals surface area contributed by atoms with E-state index in [1.807, 2.05) is 7.05 Å². The molecule has 1 N–H and O–H groups in total. The Morgan fingerprint density at radius 2 is 1.81 bits per heavy atom. The van der Waals surface area contributed by atoms with Crippen LogP contribution in [-0.4, -0.2) is 61.4 Å². The van der Waals surface area contributed by atoms with Crippen molar-refractivity contribution in [2.24, 2.45) is 0 Å². The number of rotatable bonds is 9. The molecule has 7 nitrogen and oxygen atoms in total. The van der Waals surface area contributed by atoms with Crippen LogP contribution in [-0.2, 0) is 4.74 Å². The highest BCUT2D eigenvalue weighted by Crippen LogP contribution is 2.30. The molecule has 0 amide bonds. The van der Waals surface area contributed by atoms with Crippen LogP contribution in [0.3, 0.4) is 0 Å². The molecule has 1 aliphatic carbocycles. The first-order chi connectivity index (χ1) is 10.2. The third-order valence-electron chi connectivity index (χ3n) is 3.66. The minimum Gasteiger partial charge on any atom is -0.383 e. The van der Waals surface area contributed by atoms with Gasteiger partial charge in [-0.1, -0.05) is 0 Å². The van der Waals surface area contributed by atoms with E-state index in [0.29, 0.717) is 18.6 Å². The lowest BCUT2D eigenvalue weighted by atomic mass is 10.5. The van der Waals surface area contributed by atoms with Crippen LogP contribution in [0, 0.1) is 0 Å². The van der Waals surface area contributed by atoms with E-state index in [2.05, 4.69) is 43.9 Å². The monoisotopic (exact) mass is 294 g/mol. The lowest BCUT2D eigenvalue weighted by Crippen LogP contribution is -2.33. The highest BCUT2D eigenvalue weighted by atomic mass is 16.5. The molecule has 0 radical (unpaired) electrons. The van der Waals surface area contributed by atoms with E-state index in [4.69, 9.17) is 4.74 Å². The summed E-state index contributed by atoms with van der Waals surface area (Å²) in [5.41, 5.74) is 0. The van der Waals surface area contributed by atoms with Crippen molar-refractivity contribution < 1.29 is 4.74 Å². The van der Waals surface area contributed by atoms with Crippen molar-refractivity contribution >= 4 is 17.8 Å². The van der Waals surface area contributed by atoms with Crippen LogP contribution < -0.4 is 15.1 Å². The van der Waals surface area contributed by atoms with Crippen molar-refractivity contribution in [2.75, 3.05) is 55.5 Å². The van der Waals surface area contributed by atoms with E-state index >= 15 is 0 Å². The lowest BCUT2D eigenvalue weighted by molar-refractivity contribution is 0.204. The summed E-state index contributed by atoms with van der Waals surface area (Å²) >= 11 is 0. The maximum absolute atomic E-state index is 5.21. The Labute approximate surface area is 126 Å². The van der Waals surface area contributed by atoms with Crippen molar-refractivity contribution in [1.82, 2.24) is 15.0 Å². The minimum atomic E-state index is 0.539. The summed E-state index contributed by atoms with van der Waals surface area (Å²) < 4.78 is 5.21. The fraction of sp³-hybridized carbons (Fsp3) is 0.786. The third-order valence-corrected chi connectivity index (χ3v) is 3.66. The van der Waals surface area contributed by atoms with Gasteiger partial charge in [-0.2, -0.15) is 15.0 Å². The fourth-order valence-electron chi connectivity index (χ4n) is 2.26. The molecule has 1 aromatic rings. The summed E-state index contributed by atoms with van der Waals surface area (Å²) in [6, 6.07) is 0.539. The van der Waals surface area contributed by atoms with E-state index in [-0.39, 0.29) is 0 Å². The zero-order chi connectivity index (χ0) is 15.2. The molecular weight excluding hydrogens is 268 g/mol. The third kappa shape index (κ3) is 3.93. The first kappa shape index (κ1) is 15.8. The number of ether oxygens (including phenoxy) is 1. The Morgan fingerprint density at radius 3 is 2.33 bits per heavy atom. The quantitative estimate of drug-likeness (QED) is 0.738. The zero-order valence-electron chi connectivity index (χ0n) is 13.5. The highest BCUT2D eigenvalue weighted by Gasteiger charge is 2.31. The van der Waals surface area contributed by atoms with Crippen LogP contribution in [0.4, 0.5) is 17.8 Å². The van der Waals surface area contributed by atoms with Gasteiger partial charge in [0.1, 0.15) is 0 Å². The van der Waals surface area contributed by atoms with Gasteiger partial charge in [0.2, 0.25) is 17.8 Å². The molecular formula is C14H26N6O. The van der Waals surface area contributed by atoms with Gasteiger partial charge in [-0.3, -0.25) is 0 Å². The summed E-state index contributed by atoms with van der Waals surface area (Å²) in [5, 5.41) is 3.03. The molecule has 1 saturated carbocycles. The van der Waals surface area contributed by atoms with Gasteiger partial charge in [0.25, 0.3) is 0 Å². The largest absolute Gasteiger partial charge is 0.383 e. The maximum Gasteiger partial charge on any atom is 0.232 e. The van der Waals surface area contributed by atoms with Crippen LogP contribution in [0.25, 0.3) is 0 Å². The van der Waals surface area contributed by atoms with E-state index in [1.54, 1.807) is 7.11 Å². The van der Waals surface area contributed by atoms with E-state index in [1.165, 1.54) is 12.8 Å². The summed E-state index contributed by atoms with van der Waals surface area (Å²) in [5.74, 6) is 2.10. The molecule has 0 saturated heterocycles. The van der Waals surface area contributed by atoms with Crippen molar-refractivity contribution in [3.05, 3.63) is 0 Å². The van der Waals surface area contributed by atoms with Crippen molar-refractivity contribution in [3.8, 4) is 0 Å². The van der Waals surface area contributed by atoms with Crippen molar-refractivity contribution in [3.63, 3.8) is 0 Å². The number of hydrogen-bond donors (Lipinski definition) is 1. The molecule has 0 bridgehead atoms. The lowest BCUT2D eigenvalue weighted by Gasteiger charge is -2.25. The van der Waals surface area contributed by atoms with Crippen LogP contribution in [0.1, 0.15) is 26.7 Å². The Kier molecular flexibility index (Phi) is 5.55. The second-order valence-electron chi connectivity index (χ2n) is 5.10. The van der Waals surface area contributed by atoms with Gasteiger partial charge >= 0.3 is 0 Å². The molecule has 1 fully saturated rings. The molecule has 1 heterocycles. The van der Waals surface area contributed by atoms with Gasteiger partial charge in [-0.15, -0.1) is 0 Å². The number of aromatic nitrogens is 3. The predicted octanol–water partition coefficient (Wildman–Crippen LogP) is 1.37. The second kappa shape index (κ2) is 7.40. The molecule has 7 heteroatoms. The smallest absolute Gasteiger partial charge is 0.232 e. The molecule has 0 atom stereocenters. The average Bonchev–Trinajstić information content (AvgIpc) is 3.33. The standard InChI is InChI=1S/C14H26N6O/c1-5-19(6-2)13-16-12(15-3)17-14(18-13)20(9-10-21-4)11-7-8-11/h11H,5-10H2,1-4H3,(H,15,16,17,18). The molecule has 21 heavy (non-hydrogen) atoms. The highest BCUT2D eigenvalue weighted by molar-refractivity contribution is 5.46. The minimum absolute atomic E-state index is 0.539. The number of nitrogens with one attached hydrogen (secondary N) is 1. The Hall–Kier alpha value is -1.63. The number of anilines is 3. The van der Waals surface area contributed by atoms with Gasteiger partial charge in [0, 0.05) is 39.8 Å². The van der Waals surface area contributed by atoms with Crippen molar-refractivity contribution in [1.29, 1.82) is 0 Å².